The van der Waals surface area contributed by atoms with Crippen LogP contribution in [-0.2, 0) is 11.3 Å². The van der Waals surface area contributed by atoms with Crippen LogP contribution in [0.3, 0.4) is 0 Å². The topological polar surface area (TPSA) is 86.9 Å². The van der Waals surface area contributed by atoms with Crippen LogP contribution in [0.5, 0.6) is 0 Å². The van der Waals surface area contributed by atoms with Gasteiger partial charge in [-0.3, -0.25) is 9.59 Å². The average molecular weight is 325 g/mol. The van der Waals surface area contributed by atoms with Crippen LogP contribution in [0, 0.1) is 0 Å². The molecule has 0 aliphatic carbocycles. The Morgan fingerprint density at radius 1 is 1.12 bits per heavy atom. The van der Waals surface area contributed by atoms with Gasteiger partial charge < -0.3 is 14.8 Å². The number of rotatable bonds is 5. The molecule has 0 aliphatic heterocycles. The fourth-order valence-corrected chi connectivity index (χ4v) is 2.21. The first-order valence-electron chi connectivity index (χ1n) is 7.50. The Kier molecular flexibility index (Phi) is 5.11. The lowest BCUT2D eigenvalue weighted by atomic mass is 10.0. The first kappa shape index (κ1) is 17.4. The molecule has 0 saturated heterocycles. The standard InChI is InChI=1S/C18H19N3O3/c1-18(2,3)21(12-14-10-7-11-24-14)17(23)15(20-19)16(22)13-8-5-4-6-9-13/h4-11H,12H2,1-3H3. The summed E-state index contributed by atoms with van der Waals surface area (Å²) in [5.74, 6) is -0.713. The predicted molar refractivity (Wildman–Crippen MR) is 88.4 cm³/mol. The third kappa shape index (κ3) is 3.86. The Morgan fingerprint density at radius 2 is 1.79 bits per heavy atom. The van der Waals surface area contributed by atoms with Crippen LogP contribution < -0.4 is 0 Å². The van der Waals surface area contributed by atoms with E-state index in [2.05, 4.69) is 4.79 Å². The summed E-state index contributed by atoms with van der Waals surface area (Å²) in [4.78, 5) is 29.7. The van der Waals surface area contributed by atoms with Gasteiger partial charge in [-0.15, -0.1) is 0 Å². The van der Waals surface area contributed by atoms with Crippen molar-refractivity contribution in [1.82, 2.24) is 4.90 Å². The van der Waals surface area contributed by atoms with Crippen LogP contribution in [0.2, 0.25) is 0 Å². The van der Waals surface area contributed by atoms with Crippen LogP contribution in [0.1, 0.15) is 36.9 Å². The molecule has 0 aliphatic rings. The van der Waals surface area contributed by atoms with Gasteiger partial charge in [0.25, 0.3) is 5.78 Å². The minimum Gasteiger partial charge on any atom is -0.467 e. The summed E-state index contributed by atoms with van der Waals surface area (Å²) in [6.45, 7) is 5.65. The Bertz CT molecular complexity index is 768. The average Bonchev–Trinajstić information content (AvgIpc) is 3.06. The molecule has 1 amide bonds. The predicted octanol–water partition coefficient (Wildman–Crippen LogP) is 2.96. The second-order valence-corrected chi connectivity index (χ2v) is 6.29. The maximum atomic E-state index is 12.8. The van der Waals surface area contributed by atoms with Gasteiger partial charge in [0.05, 0.1) is 12.8 Å². The van der Waals surface area contributed by atoms with E-state index in [9.17, 15) is 15.1 Å². The Balaban J connectivity index is 2.33. The molecule has 124 valence electrons. The monoisotopic (exact) mass is 325 g/mol. The number of carbonyl (C=O) groups excluding carboxylic acids is 2. The number of carbonyl (C=O) groups is 2. The molecule has 0 saturated carbocycles. The Morgan fingerprint density at radius 3 is 2.29 bits per heavy atom. The van der Waals surface area contributed by atoms with E-state index in [-0.39, 0.29) is 12.1 Å². The van der Waals surface area contributed by atoms with E-state index < -0.39 is 22.9 Å². The lowest BCUT2D eigenvalue weighted by molar-refractivity contribution is -0.133. The number of benzene rings is 1. The van der Waals surface area contributed by atoms with E-state index in [1.165, 1.54) is 11.2 Å². The number of hydrogen-bond donors (Lipinski definition) is 0. The molecular weight excluding hydrogens is 306 g/mol. The van der Waals surface area contributed by atoms with Crippen molar-refractivity contribution in [1.29, 1.82) is 0 Å². The molecule has 0 radical (unpaired) electrons. The zero-order valence-corrected chi connectivity index (χ0v) is 13.9. The molecule has 0 unspecified atom stereocenters. The van der Waals surface area contributed by atoms with Gasteiger partial charge in [-0.25, -0.2) is 0 Å². The van der Waals surface area contributed by atoms with E-state index in [1.807, 2.05) is 20.8 Å². The van der Waals surface area contributed by atoms with E-state index in [0.717, 1.165) is 0 Å². The Labute approximate surface area is 140 Å². The summed E-state index contributed by atoms with van der Waals surface area (Å²) >= 11 is 0. The van der Waals surface area contributed by atoms with Crippen molar-refractivity contribution >= 4 is 17.4 Å². The lowest BCUT2D eigenvalue weighted by Gasteiger charge is -2.33. The van der Waals surface area contributed by atoms with Gasteiger partial charge >= 0.3 is 11.6 Å². The van der Waals surface area contributed by atoms with Gasteiger partial charge in [0, 0.05) is 11.1 Å². The smallest absolute Gasteiger partial charge is 0.426 e. The van der Waals surface area contributed by atoms with Crippen LogP contribution in [0.25, 0.3) is 5.53 Å². The minimum atomic E-state index is -0.657. The first-order valence-corrected chi connectivity index (χ1v) is 7.50. The highest BCUT2D eigenvalue weighted by Gasteiger charge is 2.39. The number of furan rings is 1. The summed E-state index contributed by atoms with van der Waals surface area (Å²) in [7, 11) is 0. The summed E-state index contributed by atoms with van der Waals surface area (Å²) in [6.07, 6.45) is 1.51. The largest absolute Gasteiger partial charge is 0.467 e. The van der Waals surface area contributed by atoms with Crippen molar-refractivity contribution in [2.75, 3.05) is 0 Å². The van der Waals surface area contributed by atoms with Crippen molar-refractivity contribution in [2.24, 2.45) is 0 Å². The van der Waals surface area contributed by atoms with Gasteiger partial charge in [-0.05, 0) is 32.9 Å². The van der Waals surface area contributed by atoms with Gasteiger partial charge in [-0.1, -0.05) is 30.3 Å². The fraction of sp³-hybridized carbons (Fsp3) is 0.278. The lowest BCUT2D eigenvalue weighted by Crippen LogP contribution is -2.49. The van der Waals surface area contributed by atoms with E-state index in [0.29, 0.717) is 5.76 Å². The SMILES string of the molecule is CC(C)(C)N(Cc1ccco1)C(=O)C(=[N+]=[N-])C(=O)c1ccccc1. The minimum absolute atomic E-state index is 0.163. The zero-order chi connectivity index (χ0) is 17.7. The van der Waals surface area contributed by atoms with Crippen molar-refractivity contribution in [3.05, 3.63) is 65.6 Å². The molecule has 0 fully saturated rings. The summed E-state index contributed by atoms with van der Waals surface area (Å²) in [6, 6.07) is 11.7. The molecule has 24 heavy (non-hydrogen) atoms. The van der Waals surface area contributed by atoms with E-state index >= 15 is 0 Å². The van der Waals surface area contributed by atoms with Crippen molar-refractivity contribution in [3.8, 4) is 0 Å². The van der Waals surface area contributed by atoms with Crippen LogP contribution >= 0.6 is 0 Å². The van der Waals surface area contributed by atoms with E-state index in [4.69, 9.17) is 4.42 Å². The van der Waals surface area contributed by atoms with Crippen LogP contribution in [0.15, 0.2) is 53.1 Å². The van der Waals surface area contributed by atoms with Crippen LogP contribution in [-0.4, -0.2) is 32.6 Å². The Hall–Kier alpha value is -2.98. The maximum absolute atomic E-state index is 12.8. The summed E-state index contributed by atoms with van der Waals surface area (Å²) in [5, 5.41) is 0. The second-order valence-electron chi connectivity index (χ2n) is 6.29. The number of amides is 1. The highest BCUT2D eigenvalue weighted by Crippen LogP contribution is 2.19. The molecule has 0 spiro atoms. The molecule has 0 bridgehead atoms. The third-order valence-electron chi connectivity index (χ3n) is 3.50. The molecule has 6 heteroatoms. The molecule has 1 aromatic carbocycles. The molecular formula is C18H19N3O3. The molecule has 2 aromatic rings. The van der Waals surface area contributed by atoms with Gasteiger partial charge in [0.2, 0.25) is 0 Å². The zero-order valence-electron chi connectivity index (χ0n) is 13.9. The number of hydrogen-bond acceptors (Lipinski definition) is 3. The third-order valence-corrected chi connectivity index (χ3v) is 3.50. The summed E-state index contributed by atoms with van der Waals surface area (Å²) in [5.41, 5.74) is 8.42. The number of ketones is 1. The molecule has 0 N–H and O–H groups in total. The highest BCUT2D eigenvalue weighted by molar-refractivity contribution is 6.66. The molecule has 1 heterocycles. The van der Waals surface area contributed by atoms with Crippen molar-refractivity contribution in [2.45, 2.75) is 32.9 Å². The van der Waals surface area contributed by atoms with Gasteiger partial charge in [-0.2, -0.15) is 4.79 Å². The highest BCUT2D eigenvalue weighted by atomic mass is 16.3. The van der Waals surface area contributed by atoms with E-state index in [1.54, 1.807) is 42.5 Å². The molecule has 2 rings (SSSR count). The second kappa shape index (κ2) is 7.06. The van der Waals surface area contributed by atoms with Crippen LogP contribution in [0.4, 0.5) is 0 Å². The van der Waals surface area contributed by atoms with Gasteiger partial charge in [0.1, 0.15) is 5.76 Å². The molecule has 6 nitrogen and oxygen atoms in total. The maximum Gasteiger partial charge on any atom is 0.426 e. The van der Waals surface area contributed by atoms with Crippen molar-refractivity contribution in [3.63, 3.8) is 0 Å². The number of nitrogens with zero attached hydrogens (tertiary/aromatic N) is 3. The van der Waals surface area contributed by atoms with Crippen molar-refractivity contribution < 1.29 is 18.8 Å². The quantitative estimate of drug-likeness (QED) is 0.278. The fourth-order valence-electron chi connectivity index (χ4n) is 2.21. The normalized spacial score (nSPS) is 10.8. The summed E-state index contributed by atoms with van der Waals surface area (Å²) < 4.78 is 5.29. The molecule has 0 atom stereocenters. The number of Topliss-reactive ketones (excluding diaryl/α,β-unsaturated/α-hetero) is 1. The first-order chi connectivity index (χ1) is 11.3. The molecule has 1 aromatic heterocycles. The van der Waals surface area contributed by atoms with Gasteiger partial charge in [0.15, 0.2) is 0 Å².